The number of aliphatic hydroxyl groups is 2. The molecular formula is C23H32O7. The van der Waals surface area contributed by atoms with E-state index in [0.29, 0.717) is 28.2 Å². The van der Waals surface area contributed by atoms with E-state index in [1.807, 2.05) is 26.8 Å². The van der Waals surface area contributed by atoms with Gasteiger partial charge in [-0.1, -0.05) is 0 Å². The predicted octanol–water partition coefficient (Wildman–Crippen LogP) is 2.75. The highest BCUT2D eigenvalue weighted by atomic mass is 16.7. The molecule has 0 spiro atoms. The van der Waals surface area contributed by atoms with Gasteiger partial charge >= 0.3 is 5.63 Å². The molecule has 0 radical (unpaired) electrons. The second kappa shape index (κ2) is 7.34. The Kier molecular flexibility index (Phi) is 5.56. The molecular weight excluding hydrogens is 388 g/mol. The van der Waals surface area contributed by atoms with Crippen molar-refractivity contribution in [3.63, 3.8) is 0 Å². The van der Waals surface area contributed by atoms with E-state index >= 15 is 0 Å². The third-order valence-corrected chi connectivity index (χ3v) is 6.34. The van der Waals surface area contributed by atoms with Gasteiger partial charge in [0, 0.05) is 5.56 Å². The van der Waals surface area contributed by atoms with E-state index in [0.717, 1.165) is 0 Å². The first kappa shape index (κ1) is 22.7. The van der Waals surface area contributed by atoms with Gasteiger partial charge < -0.3 is 28.8 Å². The van der Waals surface area contributed by atoms with Gasteiger partial charge in [-0.05, 0) is 71.8 Å². The van der Waals surface area contributed by atoms with E-state index in [9.17, 15) is 15.0 Å². The van der Waals surface area contributed by atoms with Gasteiger partial charge in [0.15, 0.2) is 0 Å². The summed E-state index contributed by atoms with van der Waals surface area (Å²) in [6.45, 7) is 12.6. The van der Waals surface area contributed by atoms with Crippen LogP contribution in [0, 0.1) is 6.92 Å². The number of hydrogen-bond donors (Lipinski definition) is 2. The summed E-state index contributed by atoms with van der Waals surface area (Å²) in [4.78, 5) is 11.8. The third-order valence-electron chi connectivity index (χ3n) is 6.34. The van der Waals surface area contributed by atoms with Gasteiger partial charge in [-0.3, -0.25) is 0 Å². The topological polar surface area (TPSA) is 102 Å². The van der Waals surface area contributed by atoms with E-state index < -0.39 is 22.9 Å². The summed E-state index contributed by atoms with van der Waals surface area (Å²) < 4.78 is 22.4. The molecule has 3 rings (SSSR count). The zero-order valence-corrected chi connectivity index (χ0v) is 18.9. The predicted molar refractivity (Wildman–Crippen MR) is 113 cm³/mol. The largest absolute Gasteiger partial charge is 0.496 e. The average Bonchev–Trinajstić information content (AvgIpc) is 3.31. The summed E-state index contributed by atoms with van der Waals surface area (Å²) in [7, 11) is 1.47. The van der Waals surface area contributed by atoms with Gasteiger partial charge in [0.1, 0.15) is 40.5 Å². The van der Waals surface area contributed by atoms with Crippen molar-refractivity contribution in [3.8, 4) is 5.75 Å². The number of epoxide rings is 1. The lowest BCUT2D eigenvalue weighted by Crippen LogP contribution is -2.40. The first-order chi connectivity index (χ1) is 13.7. The first-order valence-corrected chi connectivity index (χ1v) is 10.1. The van der Waals surface area contributed by atoms with Crippen LogP contribution in [0.1, 0.15) is 52.9 Å². The minimum atomic E-state index is -1.62. The Morgan fingerprint density at radius 1 is 1.33 bits per heavy atom. The normalized spacial score (nSPS) is 34.3. The van der Waals surface area contributed by atoms with E-state index in [-0.39, 0.29) is 17.8 Å². The molecule has 166 valence electrons. The fourth-order valence-electron chi connectivity index (χ4n) is 4.58. The van der Waals surface area contributed by atoms with Crippen molar-refractivity contribution in [2.75, 3.05) is 7.11 Å². The monoisotopic (exact) mass is 420 g/mol. The molecule has 0 aromatic carbocycles. The number of hydrogen-bond acceptors (Lipinski definition) is 7. The zero-order valence-electron chi connectivity index (χ0n) is 18.9. The van der Waals surface area contributed by atoms with Crippen LogP contribution in [0.25, 0.3) is 5.57 Å². The Hall–Kier alpha value is -1.93. The molecule has 0 saturated carbocycles. The molecule has 0 amide bonds. The number of rotatable bonds is 6. The van der Waals surface area contributed by atoms with Crippen LogP contribution in [-0.4, -0.2) is 52.4 Å². The van der Waals surface area contributed by atoms with E-state index in [4.69, 9.17) is 18.6 Å². The quantitative estimate of drug-likeness (QED) is 0.539. The highest BCUT2D eigenvalue weighted by molar-refractivity contribution is 5.65. The zero-order chi connectivity index (χ0) is 22.6. The van der Waals surface area contributed by atoms with Gasteiger partial charge in [-0.15, -0.1) is 0 Å². The summed E-state index contributed by atoms with van der Waals surface area (Å²) in [5, 5.41) is 21.9. The van der Waals surface area contributed by atoms with Crippen molar-refractivity contribution < 1.29 is 28.8 Å². The summed E-state index contributed by atoms with van der Waals surface area (Å²) in [5.74, 6) is 0.702. The molecule has 2 aliphatic heterocycles. The Balaban J connectivity index is 1.88. The molecule has 6 unspecified atom stereocenters. The van der Waals surface area contributed by atoms with Crippen LogP contribution < -0.4 is 10.4 Å². The maximum absolute atomic E-state index is 11.8. The van der Waals surface area contributed by atoms with E-state index in [1.165, 1.54) is 26.2 Å². The molecule has 30 heavy (non-hydrogen) atoms. The molecule has 2 aliphatic rings. The van der Waals surface area contributed by atoms with Crippen LogP contribution in [-0.2, 0) is 9.47 Å². The smallest absolute Gasteiger partial charge is 0.339 e. The minimum Gasteiger partial charge on any atom is -0.496 e. The Morgan fingerprint density at radius 2 is 1.97 bits per heavy atom. The SMILES string of the molecule is COc1cc(=O)oc(C(C)=CC(C)(O)C(O)C(C)=CC2(C)OC(C)C3(C)OC23)c1C. The summed E-state index contributed by atoms with van der Waals surface area (Å²) >= 11 is 0. The standard InChI is InChI=1S/C23H32O7/c1-12(18-14(3)16(27-8)9-17(24)28-18)10-21(5,26)19(25)13(2)11-22(6)20-23(7,30-20)15(4)29-22/h9-11,15,19-20,25-26H,1-8H3. The summed E-state index contributed by atoms with van der Waals surface area (Å²) in [5.41, 5.74) is -1.45. The maximum Gasteiger partial charge on any atom is 0.339 e. The lowest BCUT2D eigenvalue weighted by Gasteiger charge is -2.30. The van der Waals surface area contributed by atoms with Crippen molar-refractivity contribution in [2.24, 2.45) is 0 Å². The van der Waals surface area contributed by atoms with E-state index in [1.54, 1.807) is 20.8 Å². The molecule has 2 saturated heterocycles. The second-order valence-electron chi connectivity index (χ2n) is 9.06. The summed E-state index contributed by atoms with van der Waals surface area (Å²) in [6, 6.07) is 1.27. The fraction of sp³-hybridized carbons (Fsp3) is 0.609. The lowest BCUT2D eigenvalue weighted by atomic mass is 9.87. The molecule has 1 aromatic rings. The Bertz CT molecular complexity index is 957. The molecule has 0 aliphatic carbocycles. The Morgan fingerprint density at radius 3 is 2.47 bits per heavy atom. The molecule has 6 atom stereocenters. The van der Waals surface area contributed by atoms with Gasteiger partial charge in [-0.2, -0.15) is 0 Å². The maximum atomic E-state index is 11.8. The molecule has 0 bridgehead atoms. The van der Waals surface area contributed by atoms with Gasteiger partial charge in [0.25, 0.3) is 0 Å². The Labute approximate surface area is 177 Å². The molecule has 2 fully saturated rings. The van der Waals surface area contributed by atoms with Crippen LogP contribution >= 0.6 is 0 Å². The van der Waals surface area contributed by atoms with Crippen molar-refractivity contribution >= 4 is 5.57 Å². The van der Waals surface area contributed by atoms with Gasteiger partial charge in [-0.25, -0.2) is 4.79 Å². The van der Waals surface area contributed by atoms with Crippen molar-refractivity contribution in [2.45, 2.75) is 83.6 Å². The van der Waals surface area contributed by atoms with Crippen LogP contribution in [0.15, 0.2) is 33.0 Å². The van der Waals surface area contributed by atoms with Crippen LogP contribution in [0.5, 0.6) is 5.75 Å². The highest BCUT2D eigenvalue weighted by Gasteiger charge is 2.71. The fourth-order valence-corrected chi connectivity index (χ4v) is 4.58. The van der Waals surface area contributed by atoms with E-state index in [2.05, 4.69) is 0 Å². The van der Waals surface area contributed by atoms with Crippen LogP contribution in [0.3, 0.4) is 0 Å². The average molecular weight is 421 g/mol. The lowest BCUT2D eigenvalue weighted by molar-refractivity contribution is -0.0735. The molecule has 7 heteroatoms. The number of allylic oxidation sites excluding steroid dienone is 1. The second-order valence-corrected chi connectivity index (χ2v) is 9.06. The van der Waals surface area contributed by atoms with Crippen molar-refractivity contribution in [3.05, 3.63) is 45.5 Å². The minimum absolute atomic E-state index is 0.0599. The summed E-state index contributed by atoms with van der Waals surface area (Å²) in [6.07, 6.45) is 1.96. The van der Waals surface area contributed by atoms with Crippen molar-refractivity contribution in [1.82, 2.24) is 0 Å². The number of aliphatic hydroxyl groups excluding tert-OH is 1. The van der Waals surface area contributed by atoms with Crippen molar-refractivity contribution in [1.29, 1.82) is 0 Å². The highest BCUT2D eigenvalue weighted by Crippen LogP contribution is 2.55. The molecule has 3 heterocycles. The van der Waals surface area contributed by atoms with Gasteiger partial charge in [0.05, 0.1) is 19.3 Å². The number of ether oxygens (including phenoxy) is 3. The number of fused-ring (bicyclic) bond motifs is 1. The number of methoxy groups -OCH3 is 1. The molecule has 7 nitrogen and oxygen atoms in total. The molecule has 1 aromatic heterocycles. The van der Waals surface area contributed by atoms with Gasteiger partial charge in [0.2, 0.25) is 0 Å². The molecule has 2 N–H and O–H groups in total. The first-order valence-electron chi connectivity index (χ1n) is 10.1. The third kappa shape index (κ3) is 3.75. The van der Waals surface area contributed by atoms with Crippen LogP contribution in [0.4, 0.5) is 0 Å². The van der Waals surface area contributed by atoms with Crippen LogP contribution in [0.2, 0.25) is 0 Å².